The largest absolute Gasteiger partial charge is 0.490 e. The van der Waals surface area contributed by atoms with Gasteiger partial charge in [0.05, 0.1) is 6.61 Å². The van der Waals surface area contributed by atoms with Crippen LogP contribution in [0.15, 0.2) is 65.6 Å². The Hall–Kier alpha value is -3.50. The Morgan fingerprint density at radius 1 is 1.09 bits per heavy atom. The Morgan fingerprint density at radius 2 is 1.75 bits per heavy atom. The summed E-state index contributed by atoms with van der Waals surface area (Å²) in [7, 11) is -4.13. The molecule has 2 aromatic carbocycles. The molecule has 0 radical (unpaired) electrons. The lowest BCUT2D eigenvalue weighted by atomic mass is 10.0. The van der Waals surface area contributed by atoms with Gasteiger partial charge in [-0.2, -0.15) is 8.42 Å². The van der Waals surface area contributed by atoms with E-state index in [2.05, 4.69) is 17.2 Å². The molecule has 3 rings (SSSR count). The maximum absolute atomic E-state index is 12.8. The van der Waals surface area contributed by atoms with E-state index in [0.717, 1.165) is 0 Å². The summed E-state index contributed by atoms with van der Waals surface area (Å²) in [6.45, 7) is 5.66. The number of rotatable bonds is 8. The maximum Gasteiger partial charge on any atom is 0.339 e. The number of carbonyl (C=O) groups excluding carboxylic acids is 2. The van der Waals surface area contributed by atoms with Gasteiger partial charge in [0.1, 0.15) is 10.5 Å². The van der Waals surface area contributed by atoms with Crippen LogP contribution in [-0.2, 0) is 26.1 Å². The summed E-state index contributed by atoms with van der Waals surface area (Å²) in [5, 5.41) is 4.65. The van der Waals surface area contributed by atoms with Gasteiger partial charge in [-0.05, 0) is 61.5 Å². The van der Waals surface area contributed by atoms with Crippen LogP contribution < -0.4 is 19.6 Å². The first-order chi connectivity index (χ1) is 15.2. The molecule has 0 spiro atoms. The number of nitrogens with one attached hydrogen (secondary N) is 2. The van der Waals surface area contributed by atoms with Crippen molar-refractivity contribution < 1.29 is 26.9 Å². The van der Waals surface area contributed by atoms with Gasteiger partial charge in [0.15, 0.2) is 16.6 Å². The second-order valence-corrected chi connectivity index (χ2v) is 8.53. The fraction of sp³-hybridized carbons (Fsp3) is 0.136. The molecule has 1 aliphatic rings. The van der Waals surface area contributed by atoms with E-state index in [-0.39, 0.29) is 40.1 Å². The van der Waals surface area contributed by atoms with E-state index in [4.69, 9.17) is 21.1 Å². The first-order valence-corrected chi connectivity index (χ1v) is 11.3. The molecule has 1 aliphatic heterocycles. The van der Waals surface area contributed by atoms with Crippen molar-refractivity contribution in [2.24, 2.45) is 0 Å². The molecule has 10 heteroatoms. The molecule has 0 saturated carbocycles. The highest BCUT2D eigenvalue weighted by Crippen LogP contribution is 2.36. The van der Waals surface area contributed by atoms with Gasteiger partial charge >= 0.3 is 10.1 Å². The minimum absolute atomic E-state index is 0.00953. The summed E-state index contributed by atoms with van der Waals surface area (Å²) < 4.78 is 36.7. The van der Waals surface area contributed by atoms with E-state index in [9.17, 15) is 18.0 Å². The van der Waals surface area contributed by atoms with Crippen LogP contribution in [0.3, 0.4) is 0 Å². The third-order valence-electron chi connectivity index (χ3n) is 4.30. The van der Waals surface area contributed by atoms with E-state index in [1.165, 1.54) is 24.3 Å². The van der Waals surface area contributed by atoms with Crippen LogP contribution in [0.2, 0.25) is 0 Å². The minimum Gasteiger partial charge on any atom is -0.490 e. The average molecular weight is 473 g/mol. The zero-order valence-corrected chi connectivity index (χ0v) is 18.7. The Morgan fingerprint density at radius 3 is 2.34 bits per heavy atom. The molecule has 2 N–H and O–H groups in total. The first kappa shape index (κ1) is 23.2. The quantitative estimate of drug-likeness (QED) is 0.200. The van der Waals surface area contributed by atoms with Crippen molar-refractivity contribution in [1.29, 1.82) is 0 Å². The molecule has 2 aromatic rings. The van der Waals surface area contributed by atoms with Gasteiger partial charge in [0.25, 0.3) is 11.8 Å². The SMILES string of the molecule is C=CCc1cc(C=C2C(=O)NC(=S)NC2=O)cc(OCC)c1OS(=O)(=O)c1ccccc1. The Bertz CT molecular complexity index is 1200. The molecular weight excluding hydrogens is 452 g/mol. The molecule has 0 bridgehead atoms. The summed E-state index contributed by atoms with van der Waals surface area (Å²) >= 11 is 4.80. The lowest BCUT2D eigenvalue weighted by Crippen LogP contribution is -2.51. The Labute approximate surface area is 191 Å². The molecule has 1 fully saturated rings. The molecule has 8 nitrogen and oxygen atoms in total. The van der Waals surface area contributed by atoms with Gasteiger partial charge in [0, 0.05) is 5.56 Å². The van der Waals surface area contributed by atoms with Crippen LogP contribution in [0.1, 0.15) is 18.1 Å². The van der Waals surface area contributed by atoms with Crippen molar-refractivity contribution in [1.82, 2.24) is 10.6 Å². The second kappa shape index (κ2) is 9.75. The van der Waals surface area contributed by atoms with Gasteiger partial charge in [-0.25, -0.2) is 0 Å². The second-order valence-electron chi connectivity index (χ2n) is 6.58. The number of carbonyl (C=O) groups is 2. The van der Waals surface area contributed by atoms with Gasteiger partial charge < -0.3 is 8.92 Å². The molecular formula is C22H20N2O6S2. The monoisotopic (exact) mass is 472 g/mol. The highest BCUT2D eigenvalue weighted by atomic mass is 32.2. The average Bonchev–Trinajstić information content (AvgIpc) is 2.74. The molecule has 0 aliphatic carbocycles. The lowest BCUT2D eigenvalue weighted by molar-refractivity contribution is -0.123. The van der Waals surface area contributed by atoms with E-state index < -0.39 is 21.9 Å². The number of allylic oxidation sites excluding steroid dienone is 1. The Kier molecular flexibility index (Phi) is 7.06. The molecule has 166 valence electrons. The summed E-state index contributed by atoms with van der Waals surface area (Å²) in [5.41, 5.74) is 0.725. The zero-order chi connectivity index (χ0) is 23.3. The molecule has 0 unspecified atom stereocenters. The highest BCUT2D eigenvalue weighted by Gasteiger charge is 2.27. The van der Waals surface area contributed by atoms with Crippen molar-refractivity contribution >= 4 is 45.3 Å². The van der Waals surface area contributed by atoms with Crippen LogP contribution in [0.4, 0.5) is 0 Å². The summed E-state index contributed by atoms with van der Waals surface area (Å²) in [6.07, 6.45) is 3.18. The molecule has 1 heterocycles. The van der Waals surface area contributed by atoms with E-state index in [1.807, 2.05) is 0 Å². The van der Waals surface area contributed by atoms with Crippen molar-refractivity contribution in [3.05, 3.63) is 71.8 Å². The predicted molar refractivity (Wildman–Crippen MR) is 123 cm³/mol. The smallest absolute Gasteiger partial charge is 0.339 e. The minimum atomic E-state index is -4.13. The van der Waals surface area contributed by atoms with Crippen LogP contribution >= 0.6 is 12.2 Å². The molecule has 0 atom stereocenters. The number of hydrogen-bond donors (Lipinski definition) is 2. The number of amides is 2. The predicted octanol–water partition coefficient (Wildman–Crippen LogP) is 2.50. The fourth-order valence-corrected chi connectivity index (χ4v) is 4.13. The number of hydrogen-bond acceptors (Lipinski definition) is 7. The van der Waals surface area contributed by atoms with Gasteiger partial charge in [-0.3, -0.25) is 20.2 Å². The molecule has 2 amide bonds. The van der Waals surface area contributed by atoms with Crippen LogP contribution in [-0.4, -0.2) is 32.0 Å². The fourth-order valence-electron chi connectivity index (χ4n) is 2.95. The highest BCUT2D eigenvalue weighted by molar-refractivity contribution is 7.87. The topological polar surface area (TPSA) is 111 Å². The summed E-state index contributed by atoms with van der Waals surface area (Å²) in [5.74, 6) is -1.13. The van der Waals surface area contributed by atoms with E-state index >= 15 is 0 Å². The standard InChI is InChI=1S/C22H20N2O6S2/c1-3-8-15-11-14(12-17-20(25)23-22(31)24-21(17)26)13-18(29-4-2)19(15)30-32(27,28)16-9-6-5-7-10-16/h3,5-7,9-13H,1,4,8H2,2H3,(H2,23,24,25,26,31). The summed E-state index contributed by atoms with van der Waals surface area (Å²) in [6, 6.07) is 10.8. The van der Waals surface area contributed by atoms with Crippen molar-refractivity contribution in [2.75, 3.05) is 6.61 Å². The molecule has 1 saturated heterocycles. The van der Waals surface area contributed by atoms with Crippen LogP contribution in [0.5, 0.6) is 11.5 Å². The molecule has 32 heavy (non-hydrogen) atoms. The third kappa shape index (κ3) is 5.21. The van der Waals surface area contributed by atoms with Crippen molar-refractivity contribution in [3.8, 4) is 11.5 Å². The number of benzene rings is 2. The van der Waals surface area contributed by atoms with Gasteiger partial charge in [-0.15, -0.1) is 6.58 Å². The lowest BCUT2D eigenvalue weighted by Gasteiger charge is -2.18. The maximum atomic E-state index is 12.8. The normalized spacial score (nSPS) is 13.8. The van der Waals surface area contributed by atoms with Crippen LogP contribution in [0, 0.1) is 0 Å². The van der Waals surface area contributed by atoms with Crippen LogP contribution in [0.25, 0.3) is 6.08 Å². The first-order valence-electron chi connectivity index (χ1n) is 9.53. The Balaban J connectivity index is 2.09. The van der Waals surface area contributed by atoms with E-state index in [0.29, 0.717) is 11.1 Å². The van der Waals surface area contributed by atoms with Crippen molar-refractivity contribution in [3.63, 3.8) is 0 Å². The van der Waals surface area contributed by atoms with Gasteiger partial charge in [0.2, 0.25) is 0 Å². The zero-order valence-electron chi connectivity index (χ0n) is 17.1. The van der Waals surface area contributed by atoms with E-state index in [1.54, 1.807) is 37.3 Å². The number of thiocarbonyl (C=S) groups is 1. The summed E-state index contributed by atoms with van der Waals surface area (Å²) in [4.78, 5) is 24.3. The van der Waals surface area contributed by atoms with Gasteiger partial charge in [-0.1, -0.05) is 24.3 Å². The number of ether oxygens (including phenoxy) is 1. The third-order valence-corrected chi connectivity index (χ3v) is 5.74. The van der Waals surface area contributed by atoms with Crippen molar-refractivity contribution in [2.45, 2.75) is 18.2 Å². The molecule has 0 aromatic heterocycles.